The molecule has 2 aromatic carbocycles. The van der Waals surface area contributed by atoms with Crippen molar-refractivity contribution >= 4 is 26.8 Å². The van der Waals surface area contributed by atoms with Crippen molar-refractivity contribution in [1.82, 2.24) is 15.1 Å². The summed E-state index contributed by atoms with van der Waals surface area (Å²) in [6.07, 6.45) is 1.79. The normalized spacial score (nSPS) is 19.0. The van der Waals surface area contributed by atoms with Crippen LogP contribution in [-0.4, -0.2) is 34.8 Å². The molecule has 0 bridgehead atoms. The lowest BCUT2D eigenvalue weighted by Gasteiger charge is -2.33. The van der Waals surface area contributed by atoms with E-state index in [2.05, 4.69) is 49.2 Å². The van der Waals surface area contributed by atoms with Crippen molar-refractivity contribution < 1.29 is 9.13 Å². The third-order valence-corrected chi connectivity index (χ3v) is 4.99. The Bertz CT molecular complexity index is 866. The second-order valence-electron chi connectivity index (χ2n) is 6.06. The Morgan fingerprint density at radius 1 is 1.29 bits per heavy atom. The Kier molecular flexibility index (Phi) is 4.35. The fourth-order valence-electron chi connectivity index (χ4n) is 3.10. The van der Waals surface area contributed by atoms with Crippen LogP contribution in [0.2, 0.25) is 0 Å². The number of morpholine rings is 1. The average Bonchev–Trinajstić information content (AvgIpc) is 3.05. The predicted octanol–water partition coefficient (Wildman–Crippen LogP) is 4.04. The molecule has 0 radical (unpaired) electrons. The molecule has 1 aliphatic rings. The lowest BCUT2D eigenvalue weighted by atomic mass is 10.1. The van der Waals surface area contributed by atoms with Crippen molar-refractivity contribution in [2.45, 2.75) is 12.6 Å². The summed E-state index contributed by atoms with van der Waals surface area (Å²) in [6, 6.07) is 11.4. The molecular formula is C18H17BrFN3O. The number of ether oxygens (including phenoxy) is 1. The van der Waals surface area contributed by atoms with Gasteiger partial charge in [0.2, 0.25) is 0 Å². The van der Waals surface area contributed by atoms with E-state index in [4.69, 9.17) is 4.74 Å². The van der Waals surface area contributed by atoms with E-state index in [1.165, 1.54) is 11.6 Å². The van der Waals surface area contributed by atoms with Gasteiger partial charge in [-0.3, -0.25) is 10.00 Å². The Morgan fingerprint density at radius 2 is 2.21 bits per heavy atom. The molecule has 1 aromatic heterocycles. The van der Waals surface area contributed by atoms with Crippen molar-refractivity contribution in [2.24, 2.45) is 0 Å². The zero-order chi connectivity index (χ0) is 16.5. The van der Waals surface area contributed by atoms with Gasteiger partial charge in [-0.15, -0.1) is 0 Å². The van der Waals surface area contributed by atoms with E-state index in [1.807, 2.05) is 6.20 Å². The Morgan fingerprint density at radius 3 is 3.08 bits per heavy atom. The number of nitrogens with zero attached hydrogens (tertiary/aromatic N) is 2. The lowest BCUT2D eigenvalue weighted by molar-refractivity contribution is -0.0329. The Hall–Kier alpha value is -1.76. The molecule has 0 amide bonds. The number of nitrogens with one attached hydrogen (secondary N) is 1. The Balaban J connectivity index is 1.48. The molecule has 4 nitrogen and oxygen atoms in total. The van der Waals surface area contributed by atoms with E-state index in [9.17, 15) is 4.39 Å². The highest BCUT2D eigenvalue weighted by molar-refractivity contribution is 9.10. The Labute approximate surface area is 147 Å². The maximum Gasteiger partial charge on any atom is 0.137 e. The molecule has 2 heterocycles. The van der Waals surface area contributed by atoms with Crippen LogP contribution in [0.4, 0.5) is 4.39 Å². The highest BCUT2D eigenvalue weighted by Gasteiger charge is 2.22. The number of hydrogen-bond donors (Lipinski definition) is 1. The summed E-state index contributed by atoms with van der Waals surface area (Å²) in [6.45, 7) is 3.21. The van der Waals surface area contributed by atoms with Gasteiger partial charge in [0.15, 0.2) is 0 Å². The summed E-state index contributed by atoms with van der Waals surface area (Å²) >= 11 is 3.25. The molecule has 4 rings (SSSR count). The topological polar surface area (TPSA) is 41.2 Å². The smallest absolute Gasteiger partial charge is 0.137 e. The van der Waals surface area contributed by atoms with Crippen LogP contribution in [0.1, 0.15) is 17.2 Å². The summed E-state index contributed by atoms with van der Waals surface area (Å²) in [5.74, 6) is -0.251. The van der Waals surface area contributed by atoms with Gasteiger partial charge in [0.1, 0.15) is 5.82 Å². The van der Waals surface area contributed by atoms with E-state index in [-0.39, 0.29) is 11.9 Å². The van der Waals surface area contributed by atoms with Gasteiger partial charge in [-0.2, -0.15) is 5.10 Å². The molecule has 1 fully saturated rings. The highest BCUT2D eigenvalue weighted by atomic mass is 79.9. The number of fused-ring (bicyclic) bond motifs is 1. The van der Waals surface area contributed by atoms with E-state index in [0.29, 0.717) is 11.1 Å². The summed E-state index contributed by atoms with van der Waals surface area (Å²) in [5, 5.41) is 8.19. The maximum absolute atomic E-state index is 13.4. The first kappa shape index (κ1) is 15.7. The first-order valence-corrected chi connectivity index (χ1v) is 8.69. The van der Waals surface area contributed by atoms with Crippen LogP contribution in [0.25, 0.3) is 10.9 Å². The van der Waals surface area contributed by atoms with Crippen LogP contribution in [0.5, 0.6) is 0 Å². The predicted molar refractivity (Wildman–Crippen MR) is 94.2 cm³/mol. The molecule has 6 heteroatoms. The monoisotopic (exact) mass is 389 g/mol. The van der Waals surface area contributed by atoms with Crippen LogP contribution in [-0.2, 0) is 11.3 Å². The fraction of sp³-hybridized carbons (Fsp3) is 0.278. The fourth-order valence-corrected chi connectivity index (χ4v) is 3.50. The largest absolute Gasteiger partial charge is 0.371 e. The van der Waals surface area contributed by atoms with Crippen molar-refractivity contribution in [3.8, 4) is 0 Å². The number of rotatable bonds is 3. The second-order valence-corrected chi connectivity index (χ2v) is 6.91. The van der Waals surface area contributed by atoms with Crippen LogP contribution >= 0.6 is 15.9 Å². The van der Waals surface area contributed by atoms with Crippen LogP contribution in [0.15, 0.2) is 47.1 Å². The van der Waals surface area contributed by atoms with E-state index in [0.717, 1.165) is 36.1 Å². The average molecular weight is 390 g/mol. The summed E-state index contributed by atoms with van der Waals surface area (Å²) in [4.78, 5) is 2.36. The number of halogens is 2. The van der Waals surface area contributed by atoms with Gasteiger partial charge in [0.25, 0.3) is 0 Å². The number of benzene rings is 2. The van der Waals surface area contributed by atoms with Gasteiger partial charge >= 0.3 is 0 Å². The third kappa shape index (κ3) is 3.22. The number of H-pyrrole nitrogens is 1. The van der Waals surface area contributed by atoms with Gasteiger partial charge in [-0.05, 0) is 45.3 Å². The van der Waals surface area contributed by atoms with Gasteiger partial charge in [-0.1, -0.05) is 18.2 Å². The standard InChI is InChI=1S/C18H17BrFN3O/c19-15-8-13(3-4-16(15)20)18-11-23(5-6-24-18)10-12-1-2-14-9-21-22-17(14)7-12/h1-4,7-9,18H,5-6,10-11H2,(H,21,22). The van der Waals surface area contributed by atoms with Crippen LogP contribution in [0.3, 0.4) is 0 Å². The molecule has 1 atom stereocenters. The first-order valence-electron chi connectivity index (χ1n) is 7.90. The van der Waals surface area contributed by atoms with Gasteiger partial charge in [-0.25, -0.2) is 4.39 Å². The molecule has 124 valence electrons. The zero-order valence-corrected chi connectivity index (χ0v) is 14.6. The summed E-state index contributed by atoms with van der Waals surface area (Å²) < 4.78 is 19.8. The van der Waals surface area contributed by atoms with Crippen molar-refractivity contribution in [2.75, 3.05) is 19.7 Å². The zero-order valence-electron chi connectivity index (χ0n) is 13.0. The molecule has 0 saturated carbocycles. The van der Waals surface area contributed by atoms with Gasteiger partial charge < -0.3 is 4.74 Å². The van der Waals surface area contributed by atoms with Gasteiger partial charge in [0, 0.05) is 25.0 Å². The molecule has 0 spiro atoms. The quantitative estimate of drug-likeness (QED) is 0.734. The van der Waals surface area contributed by atoms with E-state index >= 15 is 0 Å². The lowest BCUT2D eigenvalue weighted by Crippen LogP contribution is -2.37. The molecule has 0 aliphatic carbocycles. The van der Waals surface area contributed by atoms with Gasteiger partial charge in [0.05, 0.1) is 28.9 Å². The second kappa shape index (κ2) is 6.63. The van der Waals surface area contributed by atoms with Crippen LogP contribution < -0.4 is 0 Å². The minimum Gasteiger partial charge on any atom is -0.371 e. The van der Waals surface area contributed by atoms with Crippen molar-refractivity contribution in [1.29, 1.82) is 0 Å². The molecule has 1 N–H and O–H groups in total. The number of aromatic amines is 1. The van der Waals surface area contributed by atoms with Crippen molar-refractivity contribution in [3.63, 3.8) is 0 Å². The SMILES string of the molecule is Fc1ccc(C2CN(Cc3ccc4cn[nH]c4c3)CCO2)cc1Br. The highest BCUT2D eigenvalue weighted by Crippen LogP contribution is 2.27. The van der Waals surface area contributed by atoms with E-state index < -0.39 is 0 Å². The van der Waals surface area contributed by atoms with Crippen molar-refractivity contribution in [3.05, 3.63) is 64.0 Å². The molecule has 1 unspecified atom stereocenters. The number of hydrogen-bond acceptors (Lipinski definition) is 3. The number of aromatic nitrogens is 2. The molecular weight excluding hydrogens is 373 g/mol. The maximum atomic E-state index is 13.4. The summed E-state index contributed by atoms with van der Waals surface area (Å²) in [5.41, 5.74) is 3.30. The minimum absolute atomic E-state index is 0.0356. The summed E-state index contributed by atoms with van der Waals surface area (Å²) in [7, 11) is 0. The third-order valence-electron chi connectivity index (χ3n) is 4.38. The molecule has 1 aliphatic heterocycles. The first-order chi connectivity index (χ1) is 11.7. The minimum atomic E-state index is -0.251. The van der Waals surface area contributed by atoms with E-state index in [1.54, 1.807) is 12.1 Å². The molecule has 1 saturated heterocycles. The molecule has 3 aromatic rings. The van der Waals surface area contributed by atoms with Crippen LogP contribution in [0, 0.1) is 5.82 Å². The molecule has 24 heavy (non-hydrogen) atoms.